The first-order valence-corrected chi connectivity index (χ1v) is 4.61. The summed E-state index contributed by atoms with van der Waals surface area (Å²) in [5.74, 6) is 1.40. The number of likely N-dealkylation sites (N-methyl/N-ethyl adjacent to an activating group) is 1. The third-order valence-electron chi connectivity index (χ3n) is 2.29. The van der Waals surface area contributed by atoms with Crippen LogP contribution in [0.15, 0.2) is 6.20 Å². The first kappa shape index (κ1) is 9.08. The SMILES string of the molecule is CCN1C(=O)Cc2cnc(CN)nc21. The molecule has 0 unspecified atom stereocenters. The van der Waals surface area contributed by atoms with E-state index in [0.717, 1.165) is 11.4 Å². The van der Waals surface area contributed by atoms with E-state index in [1.807, 2.05) is 6.92 Å². The van der Waals surface area contributed by atoms with Crippen LogP contribution in [0.3, 0.4) is 0 Å². The van der Waals surface area contributed by atoms with E-state index < -0.39 is 0 Å². The van der Waals surface area contributed by atoms with Crippen LogP contribution in [0.1, 0.15) is 18.3 Å². The molecule has 0 atom stereocenters. The molecule has 0 bridgehead atoms. The van der Waals surface area contributed by atoms with Crippen molar-refractivity contribution in [1.29, 1.82) is 0 Å². The quantitative estimate of drug-likeness (QED) is 0.707. The molecule has 2 heterocycles. The van der Waals surface area contributed by atoms with Gasteiger partial charge in [0.15, 0.2) is 0 Å². The molecule has 0 spiro atoms. The van der Waals surface area contributed by atoms with Crippen molar-refractivity contribution >= 4 is 11.7 Å². The number of amides is 1. The highest BCUT2D eigenvalue weighted by molar-refractivity contribution is 5.99. The largest absolute Gasteiger partial charge is 0.324 e. The van der Waals surface area contributed by atoms with E-state index in [4.69, 9.17) is 5.73 Å². The number of rotatable bonds is 2. The number of nitrogens with zero attached hydrogens (tertiary/aromatic N) is 3. The van der Waals surface area contributed by atoms with Gasteiger partial charge < -0.3 is 5.73 Å². The van der Waals surface area contributed by atoms with Gasteiger partial charge in [-0.05, 0) is 6.92 Å². The van der Waals surface area contributed by atoms with Crippen LogP contribution in [0.4, 0.5) is 5.82 Å². The van der Waals surface area contributed by atoms with Gasteiger partial charge in [0.05, 0.1) is 13.0 Å². The summed E-state index contributed by atoms with van der Waals surface area (Å²) in [6.07, 6.45) is 2.10. The first-order valence-electron chi connectivity index (χ1n) is 4.61. The summed E-state index contributed by atoms with van der Waals surface area (Å²) < 4.78 is 0. The summed E-state index contributed by atoms with van der Waals surface area (Å²) in [6, 6.07) is 0. The van der Waals surface area contributed by atoms with Crippen LogP contribution in [0.2, 0.25) is 0 Å². The number of nitrogens with two attached hydrogens (primary N) is 1. The molecule has 1 aliphatic rings. The lowest BCUT2D eigenvalue weighted by atomic mass is 10.3. The van der Waals surface area contributed by atoms with Crippen molar-refractivity contribution in [2.45, 2.75) is 19.9 Å². The second-order valence-corrected chi connectivity index (χ2v) is 3.15. The minimum absolute atomic E-state index is 0.0889. The number of fused-ring (bicyclic) bond motifs is 1. The smallest absolute Gasteiger partial charge is 0.232 e. The zero-order chi connectivity index (χ0) is 10.1. The van der Waals surface area contributed by atoms with Crippen LogP contribution in [0.5, 0.6) is 0 Å². The second-order valence-electron chi connectivity index (χ2n) is 3.15. The van der Waals surface area contributed by atoms with Gasteiger partial charge in [-0.3, -0.25) is 9.69 Å². The number of aromatic nitrogens is 2. The number of anilines is 1. The summed E-state index contributed by atoms with van der Waals surface area (Å²) >= 11 is 0. The van der Waals surface area contributed by atoms with E-state index in [2.05, 4.69) is 9.97 Å². The van der Waals surface area contributed by atoms with E-state index in [1.54, 1.807) is 11.1 Å². The molecule has 0 radical (unpaired) electrons. The van der Waals surface area contributed by atoms with Crippen molar-refractivity contribution in [2.75, 3.05) is 11.4 Å². The zero-order valence-electron chi connectivity index (χ0n) is 8.03. The summed E-state index contributed by atoms with van der Waals surface area (Å²) in [5.41, 5.74) is 6.33. The summed E-state index contributed by atoms with van der Waals surface area (Å²) in [5, 5.41) is 0. The number of hydrogen-bond acceptors (Lipinski definition) is 4. The van der Waals surface area contributed by atoms with Gasteiger partial charge >= 0.3 is 0 Å². The Kier molecular flexibility index (Phi) is 2.17. The molecule has 2 rings (SSSR count). The Labute approximate surface area is 82.0 Å². The Morgan fingerprint density at radius 3 is 3.07 bits per heavy atom. The average Bonchev–Trinajstić information content (AvgIpc) is 2.52. The molecule has 1 aromatic heterocycles. The molecule has 1 aliphatic heterocycles. The Morgan fingerprint density at radius 2 is 2.43 bits per heavy atom. The Balaban J connectivity index is 2.44. The van der Waals surface area contributed by atoms with Gasteiger partial charge in [0.1, 0.15) is 11.6 Å². The molecule has 0 fully saturated rings. The molecule has 0 saturated carbocycles. The molecule has 74 valence electrons. The second kappa shape index (κ2) is 3.34. The van der Waals surface area contributed by atoms with Gasteiger partial charge in [-0.1, -0.05) is 0 Å². The maximum atomic E-state index is 11.5. The lowest BCUT2D eigenvalue weighted by Crippen LogP contribution is -2.26. The molecule has 5 nitrogen and oxygen atoms in total. The lowest BCUT2D eigenvalue weighted by Gasteiger charge is -2.13. The molecule has 5 heteroatoms. The molecule has 14 heavy (non-hydrogen) atoms. The monoisotopic (exact) mass is 192 g/mol. The Bertz CT molecular complexity index is 377. The Morgan fingerprint density at radius 1 is 1.64 bits per heavy atom. The predicted molar refractivity (Wildman–Crippen MR) is 51.7 cm³/mol. The highest BCUT2D eigenvalue weighted by Crippen LogP contribution is 2.25. The van der Waals surface area contributed by atoms with Crippen LogP contribution in [0, 0.1) is 0 Å². The molecule has 0 aliphatic carbocycles. The lowest BCUT2D eigenvalue weighted by molar-refractivity contribution is -0.117. The van der Waals surface area contributed by atoms with Gasteiger partial charge in [-0.15, -0.1) is 0 Å². The fourth-order valence-electron chi connectivity index (χ4n) is 1.59. The fraction of sp³-hybridized carbons (Fsp3) is 0.444. The van der Waals surface area contributed by atoms with Crippen LogP contribution < -0.4 is 10.6 Å². The molecule has 1 aromatic rings. The number of carbonyl (C=O) groups excluding carboxylic acids is 1. The van der Waals surface area contributed by atoms with Crippen molar-refractivity contribution in [3.8, 4) is 0 Å². The Hall–Kier alpha value is -1.49. The van der Waals surface area contributed by atoms with Crippen molar-refractivity contribution in [2.24, 2.45) is 5.73 Å². The van der Waals surface area contributed by atoms with E-state index in [-0.39, 0.29) is 5.91 Å². The molecule has 1 amide bonds. The third-order valence-corrected chi connectivity index (χ3v) is 2.29. The topological polar surface area (TPSA) is 72.1 Å². The maximum Gasteiger partial charge on any atom is 0.232 e. The molecule has 2 N–H and O–H groups in total. The van der Waals surface area contributed by atoms with Crippen LogP contribution in [0.25, 0.3) is 0 Å². The minimum atomic E-state index is 0.0889. The molecule has 0 saturated heterocycles. The predicted octanol–water partition coefficient (Wildman–Crippen LogP) is -0.156. The summed E-state index contributed by atoms with van der Waals surface area (Å²) in [4.78, 5) is 21.5. The van der Waals surface area contributed by atoms with E-state index in [9.17, 15) is 4.79 Å². The van der Waals surface area contributed by atoms with Gasteiger partial charge in [0.2, 0.25) is 5.91 Å². The van der Waals surface area contributed by atoms with Crippen molar-refractivity contribution in [3.05, 3.63) is 17.6 Å². The van der Waals surface area contributed by atoms with Gasteiger partial charge in [-0.25, -0.2) is 9.97 Å². The minimum Gasteiger partial charge on any atom is -0.324 e. The van der Waals surface area contributed by atoms with Gasteiger partial charge in [0.25, 0.3) is 0 Å². The summed E-state index contributed by atoms with van der Waals surface area (Å²) in [7, 11) is 0. The fourth-order valence-corrected chi connectivity index (χ4v) is 1.59. The van der Waals surface area contributed by atoms with Crippen LogP contribution in [-0.2, 0) is 17.8 Å². The first-order chi connectivity index (χ1) is 6.76. The molecule has 0 aromatic carbocycles. The summed E-state index contributed by atoms with van der Waals surface area (Å²) in [6.45, 7) is 2.88. The third kappa shape index (κ3) is 1.26. The van der Waals surface area contributed by atoms with E-state index in [0.29, 0.717) is 25.3 Å². The standard InChI is InChI=1S/C9H12N4O/c1-2-13-8(14)3-6-5-11-7(4-10)12-9(6)13/h5H,2-4,10H2,1H3. The van der Waals surface area contributed by atoms with Gasteiger partial charge in [0, 0.05) is 18.3 Å². The number of hydrogen-bond donors (Lipinski definition) is 1. The van der Waals surface area contributed by atoms with Crippen molar-refractivity contribution < 1.29 is 4.79 Å². The molecular weight excluding hydrogens is 180 g/mol. The van der Waals surface area contributed by atoms with Crippen LogP contribution in [-0.4, -0.2) is 22.4 Å². The van der Waals surface area contributed by atoms with Gasteiger partial charge in [-0.2, -0.15) is 0 Å². The number of carbonyl (C=O) groups is 1. The highest BCUT2D eigenvalue weighted by Gasteiger charge is 2.27. The average molecular weight is 192 g/mol. The highest BCUT2D eigenvalue weighted by atomic mass is 16.2. The maximum absolute atomic E-state index is 11.5. The van der Waals surface area contributed by atoms with E-state index in [1.165, 1.54) is 0 Å². The van der Waals surface area contributed by atoms with Crippen molar-refractivity contribution in [3.63, 3.8) is 0 Å². The molecular formula is C9H12N4O. The normalized spacial score (nSPS) is 14.7. The zero-order valence-corrected chi connectivity index (χ0v) is 8.03. The van der Waals surface area contributed by atoms with Crippen molar-refractivity contribution in [1.82, 2.24) is 9.97 Å². The van der Waals surface area contributed by atoms with E-state index >= 15 is 0 Å². The van der Waals surface area contributed by atoms with Crippen LogP contribution >= 0.6 is 0 Å².